The Morgan fingerprint density at radius 3 is 2.61 bits per heavy atom. The highest BCUT2D eigenvalue weighted by molar-refractivity contribution is 14.1. The lowest BCUT2D eigenvalue weighted by molar-refractivity contribution is -0.150. The third-order valence-corrected chi connectivity index (χ3v) is 6.09. The topological polar surface area (TPSA) is 43.4 Å². The maximum atomic E-state index is 12.0. The van der Waals surface area contributed by atoms with Gasteiger partial charge in [-0.05, 0) is 30.1 Å². The molecule has 0 amide bonds. The quantitative estimate of drug-likeness (QED) is 0.312. The number of esters is 1. The number of alkyl halides is 1. The molecule has 0 aromatic heterocycles. The molecule has 2 fully saturated rings. The van der Waals surface area contributed by atoms with Crippen molar-refractivity contribution in [2.45, 2.75) is 29.6 Å². The second-order valence-electron chi connectivity index (χ2n) is 5.76. The maximum Gasteiger partial charge on any atom is 0.309 e. The summed E-state index contributed by atoms with van der Waals surface area (Å²) in [6, 6.07) is 0. The Hall–Kier alpha value is -0.390. The second kappa shape index (κ2) is 4.32. The van der Waals surface area contributed by atoms with Crippen LogP contribution in [-0.4, -0.2) is 22.8 Å². The number of hydrogen-bond acceptors (Lipinski definition) is 3. The normalized spacial score (nSPS) is 40.4. The van der Waals surface area contributed by atoms with Crippen molar-refractivity contribution in [2.75, 3.05) is 7.11 Å². The van der Waals surface area contributed by atoms with E-state index in [1.54, 1.807) is 0 Å². The molecule has 0 radical (unpaired) electrons. The summed E-state index contributed by atoms with van der Waals surface area (Å²) in [5.41, 5.74) is 0.269. The van der Waals surface area contributed by atoms with Gasteiger partial charge in [-0.3, -0.25) is 9.59 Å². The summed E-state index contributed by atoms with van der Waals surface area (Å²) in [7, 11) is 1.42. The van der Waals surface area contributed by atoms with Gasteiger partial charge in [0.25, 0.3) is 0 Å². The van der Waals surface area contributed by atoms with Gasteiger partial charge < -0.3 is 4.74 Å². The van der Waals surface area contributed by atoms with Crippen molar-refractivity contribution in [3.05, 3.63) is 12.2 Å². The van der Waals surface area contributed by atoms with Crippen LogP contribution in [0.4, 0.5) is 0 Å². The highest BCUT2D eigenvalue weighted by Gasteiger charge is 2.61. The Morgan fingerprint density at radius 2 is 2.00 bits per heavy atom. The van der Waals surface area contributed by atoms with Gasteiger partial charge in [0.05, 0.1) is 13.0 Å². The average Bonchev–Trinajstić information content (AvgIpc) is 3.00. The molecule has 3 rings (SSSR count). The van der Waals surface area contributed by atoms with Crippen LogP contribution >= 0.6 is 22.6 Å². The Labute approximate surface area is 120 Å². The summed E-state index contributed by atoms with van der Waals surface area (Å²) in [6.45, 7) is 0. The number of ether oxygens (including phenoxy) is 1. The Kier molecular flexibility index (Phi) is 3.03. The molecular formula is C14H17IO3. The maximum absolute atomic E-state index is 12.0. The van der Waals surface area contributed by atoms with E-state index in [9.17, 15) is 9.59 Å². The minimum Gasteiger partial charge on any atom is -0.469 e. The molecule has 2 unspecified atom stereocenters. The van der Waals surface area contributed by atoms with E-state index in [-0.39, 0.29) is 29.0 Å². The van der Waals surface area contributed by atoms with Crippen LogP contribution < -0.4 is 0 Å². The summed E-state index contributed by atoms with van der Waals surface area (Å²) in [4.78, 5) is 23.9. The first-order valence-electron chi connectivity index (χ1n) is 6.50. The number of ketones is 1. The van der Waals surface area contributed by atoms with Gasteiger partial charge in [-0.25, -0.2) is 0 Å². The van der Waals surface area contributed by atoms with E-state index in [0.717, 1.165) is 0 Å². The summed E-state index contributed by atoms with van der Waals surface area (Å²) >= 11 is 2.41. The lowest BCUT2D eigenvalue weighted by atomic mass is 9.71. The molecule has 2 bridgehead atoms. The van der Waals surface area contributed by atoms with Crippen molar-refractivity contribution in [1.82, 2.24) is 0 Å². The van der Waals surface area contributed by atoms with Crippen molar-refractivity contribution < 1.29 is 14.3 Å². The zero-order valence-corrected chi connectivity index (χ0v) is 12.6. The van der Waals surface area contributed by atoms with E-state index in [4.69, 9.17) is 4.74 Å². The van der Waals surface area contributed by atoms with Crippen LogP contribution in [0.5, 0.6) is 0 Å². The van der Waals surface area contributed by atoms with Gasteiger partial charge in [-0.1, -0.05) is 34.7 Å². The highest BCUT2D eigenvalue weighted by atomic mass is 127. The summed E-state index contributed by atoms with van der Waals surface area (Å²) in [5.74, 6) is 0.432. The van der Waals surface area contributed by atoms with Crippen LogP contribution in [0.2, 0.25) is 0 Å². The zero-order valence-electron chi connectivity index (χ0n) is 10.4. The smallest absolute Gasteiger partial charge is 0.309 e. The van der Waals surface area contributed by atoms with Crippen molar-refractivity contribution in [3.8, 4) is 0 Å². The molecule has 4 heteroatoms. The van der Waals surface area contributed by atoms with E-state index in [2.05, 4.69) is 34.7 Å². The molecule has 2 saturated carbocycles. The van der Waals surface area contributed by atoms with Crippen LogP contribution in [0.3, 0.4) is 0 Å². The SMILES string of the molecule is COC(=O)[C@H]1CC(=O)C[C@@H](I)C2C=CC1C21CC1. The molecule has 0 heterocycles. The number of carbonyl (C=O) groups excluding carboxylic acids is 2. The standard InChI is InChI=1S/C14H17IO3/c1-18-13(17)9-6-8(16)7-12(15)11-3-2-10(9)14(11)4-5-14/h2-3,9-12H,4-7H2,1H3/t9-,10?,11?,12+/m0/s1. The van der Waals surface area contributed by atoms with E-state index < -0.39 is 0 Å². The van der Waals surface area contributed by atoms with Crippen molar-refractivity contribution in [2.24, 2.45) is 23.2 Å². The van der Waals surface area contributed by atoms with Crippen molar-refractivity contribution >= 4 is 34.3 Å². The third-order valence-electron chi connectivity index (χ3n) is 4.88. The number of rotatable bonds is 1. The monoisotopic (exact) mass is 360 g/mol. The number of hydrogen-bond donors (Lipinski definition) is 0. The van der Waals surface area contributed by atoms with E-state index in [1.807, 2.05) is 0 Å². The lowest BCUT2D eigenvalue weighted by Gasteiger charge is -2.34. The fraction of sp³-hybridized carbons (Fsp3) is 0.714. The minimum absolute atomic E-state index is 0.207. The van der Waals surface area contributed by atoms with Crippen LogP contribution in [0.1, 0.15) is 25.7 Å². The number of halogens is 1. The minimum atomic E-state index is -0.254. The molecule has 4 atom stereocenters. The van der Waals surface area contributed by atoms with Gasteiger partial charge in [-0.15, -0.1) is 0 Å². The molecular weight excluding hydrogens is 343 g/mol. The van der Waals surface area contributed by atoms with Crippen LogP contribution in [0.25, 0.3) is 0 Å². The van der Waals surface area contributed by atoms with Crippen LogP contribution in [0.15, 0.2) is 12.2 Å². The molecule has 0 aromatic carbocycles. The average molecular weight is 360 g/mol. The first-order valence-corrected chi connectivity index (χ1v) is 7.75. The van der Waals surface area contributed by atoms with Gasteiger partial charge in [0.15, 0.2) is 0 Å². The van der Waals surface area contributed by atoms with Crippen LogP contribution in [-0.2, 0) is 14.3 Å². The number of allylic oxidation sites excluding steroid dienone is 2. The molecule has 0 aliphatic heterocycles. The van der Waals surface area contributed by atoms with Gasteiger partial charge in [-0.2, -0.15) is 0 Å². The van der Waals surface area contributed by atoms with Gasteiger partial charge in [0.1, 0.15) is 5.78 Å². The predicted molar refractivity (Wildman–Crippen MR) is 75.3 cm³/mol. The molecule has 3 aliphatic carbocycles. The molecule has 1 spiro atoms. The van der Waals surface area contributed by atoms with Gasteiger partial charge in [0, 0.05) is 16.8 Å². The number of carbonyl (C=O) groups is 2. The van der Waals surface area contributed by atoms with Crippen molar-refractivity contribution in [3.63, 3.8) is 0 Å². The summed E-state index contributed by atoms with van der Waals surface area (Å²) in [5, 5.41) is 0. The summed E-state index contributed by atoms with van der Waals surface area (Å²) in [6.07, 6.45) is 7.77. The Bertz CT molecular complexity index is 425. The third kappa shape index (κ3) is 1.75. The lowest BCUT2D eigenvalue weighted by Crippen LogP contribution is -2.38. The Balaban J connectivity index is 1.95. The van der Waals surface area contributed by atoms with E-state index in [1.165, 1.54) is 20.0 Å². The first-order chi connectivity index (χ1) is 8.58. The Morgan fingerprint density at radius 1 is 1.33 bits per heavy atom. The van der Waals surface area contributed by atoms with Crippen LogP contribution in [0, 0.1) is 23.2 Å². The van der Waals surface area contributed by atoms with E-state index in [0.29, 0.717) is 22.7 Å². The molecule has 3 aliphatic rings. The van der Waals surface area contributed by atoms with Gasteiger partial charge >= 0.3 is 5.97 Å². The molecule has 0 N–H and O–H groups in total. The molecule has 18 heavy (non-hydrogen) atoms. The first kappa shape index (κ1) is 12.6. The second-order valence-corrected chi connectivity index (χ2v) is 7.36. The largest absolute Gasteiger partial charge is 0.469 e. The fourth-order valence-corrected chi connectivity index (χ4v) is 5.30. The number of methoxy groups -OCH3 is 1. The van der Waals surface area contributed by atoms with Gasteiger partial charge in [0.2, 0.25) is 0 Å². The fourth-order valence-electron chi connectivity index (χ4n) is 3.85. The summed E-state index contributed by atoms with van der Waals surface area (Å²) < 4.78 is 5.29. The zero-order chi connectivity index (χ0) is 12.9. The van der Waals surface area contributed by atoms with E-state index >= 15 is 0 Å². The molecule has 0 aromatic rings. The van der Waals surface area contributed by atoms with Crippen molar-refractivity contribution in [1.29, 1.82) is 0 Å². The molecule has 3 nitrogen and oxygen atoms in total. The molecule has 0 saturated heterocycles. The molecule has 98 valence electrons. The number of Topliss-reactive ketones (excluding diaryl/α,β-unsaturated/α-hetero) is 1. The highest BCUT2D eigenvalue weighted by Crippen LogP contribution is 2.66. The predicted octanol–water partition coefficient (Wildman–Crippen LogP) is 2.52.